The molecule has 3 heteroatoms. The molecule has 1 radical (unpaired) electrons. The van der Waals surface area contributed by atoms with Crippen molar-refractivity contribution in [2.45, 2.75) is 6.92 Å². The SMILES string of the molecule is Cc1cccc2cc(C(=O)O)ccc12.[Tl]. The van der Waals surface area contributed by atoms with Crippen LogP contribution in [0.5, 0.6) is 0 Å². The molecule has 0 saturated carbocycles. The molecule has 0 fully saturated rings. The molecule has 0 aliphatic rings. The Bertz CT molecular complexity index is 506. The monoisotopic (exact) mass is 391 g/mol. The summed E-state index contributed by atoms with van der Waals surface area (Å²) in [6.45, 7) is 2.02. The molecule has 0 aromatic heterocycles. The zero-order chi connectivity index (χ0) is 10.1. The average Bonchev–Trinajstić information content (AvgIpc) is 2.17. The Labute approximate surface area is 108 Å². The van der Waals surface area contributed by atoms with E-state index in [-0.39, 0.29) is 27.3 Å². The fourth-order valence-corrected chi connectivity index (χ4v) is 1.58. The first-order valence-electron chi connectivity index (χ1n) is 4.41. The minimum absolute atomic E-state index is 0. The number of aromatic carboxylic acids is 1. The van der Waals surface area contributed by atoms with Crippen LogP contribution in [-0.4, -0.2) is 38.4 Å². The van der Waals surface area contributed by atoms with Gasteiger partial charge >= 0.3 is 5.97 Å². The van der Waals surface area contributed by atoms with Gasteiger partial charge in [-0.15, -0.1) is 0 Å². The van der Waals surface area contributed by atoms with Crippen molar-refractivity contribution in [2.75, 3.05) is 0 Å². The summed E-state index contributed by atoms with van der Waals surface area (Å²) in [5.41, 5.74) is 1.50. The Kier molecular flexibility index (Phi) is 3.85. The molecule has 0 spiro atoms. The van der Waals surface area contributed by atoms with Crippen LogP contribution >= 0.6 is 0 Å². The number of rotatable bonds is 1. The van der Waals surface area contributed by atoms with Crippen molar-refractivity contribution in [3.8, 4) is 0 Å². The van der Waals surface area contributed by atoms with E-state index in [1.807, 2.05) is 31.2 Å². The van der Waals surface area contributed by atoms with Crippen LogP contribution < -0.4 is 0 Å². The number of carboxylic acid groups (broad SMARTS) is 1. The Hall–Kier alpha value is -0.908. The molecule has 0 unspecified atom stereocenters. The summed E-state index contributed by atoms with van der Waals surface area (Å²) in [5, 5.41) is 10.9. The summed E-state index contributed by atoms with van der Waals surface area (Å²) < 4.78 is 0. The number of aryl methyl sites for hydroxylation is 1. The number of fused-ring (bicyclic) bond motifs is 1. The van der Waals surface area contributed by atoms with Gasteiger partial charge < -0.3 is 5.11 Å². The third-order valence-corrected chi connectivity index (χ3v) is 2.35. The van der Waals surface area contributed by atoms with Crippen LogP contribution in [0.25, 0.3) is 10.8 Å². The smallest absolute Gasteiger partial charge is 0.335 e. The number of hydrogen-bond donors (Lipinski definition) is 1. The summed E-state index contributed by atoms with van der Waals surface area (Å²) >= 11 is 0. The van der Waals surface area contributed by atoms with Gasteiger partial charge in [-0.25, -0.2) is 4.79 Å². The summed E-state index contributed by atoms with van der Waals surface area (Å²) in [4.78, 5) is 10.7. The van der Waals surface area contributed by atoms with Gasteiger partial charge in [-0.3, -0.25) is 0 Å². The van der Waals surface area contributed by atoms with Crippen molar-refractivity contribution in [1.82, 2.24) is 0 Å². The molecule has 0 bridgehead atoms. The molecule has 0 aliphatic heterocycles. The molecule has 0 aliphatic carbocycles. The molecule has 0 heterocycles. The maximum absolute atomic E-state index is 10.7. The number of carbonyl (C=O) groups is 1. The topological polar surface area (TPSA) is 37.3 Å². The first-order chi connectivity index (χ1) is 6.68. The third-order valence-electron chi connectivity index (χ3n) is 2.35. The Morgan fingerprint density at radius 3 is 2.60 bits per heavy atom. The van der Waals surface area contributed by atoms with Crippen LogP contribution in [0.2, 0.25) is 0 Å². The van der Waals surface area contributed by atoms with Crippen LogP contribution in [0.1, 0.15) is 15.9 Å². The number of hydrogen-bond acceptors (Lipinski definition) is 1. The third kappa shape index (κ3) is 2.37. The van der Waals surface area contributed by atoms with Gasteiger partial charge in [0.25, 0.3) is 0 Å². The molecular weight excluding hydrogens is 381 g/mol. The number of benzene rings is 2. The van der Waals surface area contributed by atoms with Gasteiger partial charge in [-0.1, -0.05) is 24.3 Å². The zero-order valence-corrected chi connectivity index (χ0v) is 12.9. The summed E-state index contributed by atoms with van der Waals surface area (Å²) in [7, 11) is 0. The molecule has 0 amide bonds. The van der Waals surface area contributed by atoms with Crippen LogP contribution in [-0.2, 0) is 0 Å². The maximum atomic E-state index is 10.7. The van der Waals surface area contributed by atoms with Crippen LogP contribution in [0.4, 0.5) is 0 Å². The van der Waals surface area contributed by atoms with E-state index >= 15 is 0 Å². The molecule has 2 aromatic rings. The van der Waals surface area contributed by atoms with Crippen molar-refractivity contribution < 1.29 is 9.90 Å². The molecule has 73 valence electrons. The quantitative estimate of drug-likeness (QED) is 0.760. The van der Waals surface area contributed by atoms with E-state index in [9.17, 15) is 4.79 Å². The van der Waals surface area contributed by atoms with Crippen molar-refractivity contribution >= 4 is 44.0 Å². The molecule has 2 nitrogen and oxygen atoms in total. The normalized spacial score (nSPS) is 9.67. The predicted molar refractivity (Wildman–Crippen MR) is 61.4 cm³/mol. The van der Waals surface area contributed by atoms with Crippen molar-refractivity contribution in [3.63, 3.8) is 0 Å². The average molecular weight is 391 g/mol. The zero-order valence-electron chi connectivity index (χ0n) is 8.40. The van der Waals surface area contributed by atoms with Crippen molar-refractivity contribution in [3.05, 3.63) is 47.5 Å². The molecule has 0 atom stereocenters. The van der Waals surface area contributed by atoms with E-state index in [0.717, 1.165) is 10.8 Å². The molecular formula is C12H10O2Tl. The largest absolute Gasteiger partial charge is 0.478 e. The standard InChI is InChI=1S/C12H10O2.Tl/c1-8-3-2-4-9-7-10(12(13)14)5-6-11(8)9;/h2-7H,1H3,(H,13,14);. The van der Waals surface area contributed by atoms with E-state index in [0.29, 0.717) is 5.56 Å². The van der Waals surface area contributed by atoms with Gasteiger partial charge in [-0.2, -0.15) is 0 Å². The summed E-state index contributed by atoms with van der Waals surface area (Å²) in [6.07, 6.45) is 0. The fourth-order valence-electron chi connectivity index (χ4n) is 1.58. The van der Waals surface area contributed by atoms with E-state index in [2.05, 4.69) is 0 Å². The van der Waals surface area contributed by atoms with Crippen LogP contribution in [0.3, 0.4) is 0 Å². The second kappa shape index (κ2) is 4.74. The molecule has 1 N–H and O–H groups in total. The molecule has 0 saturated heterocycles. The van der Waals surface area contributed by atoms with E-state index in [1.54, 1.807) is 12.1 Å². The van der Waals surface area contributed by atoms with E-state index in [4.69, 9.17) is 5.11 Å². The molecule has 2 aromatic carbocycles. The fraction of sp³-hybridized carbons (Fsp3) is 0.0833. The Morgan fingerprint density at radius 2 is 1.93 bits per heavy atom. The molecule has 15 heavy (non-hydrogen) atoms. The van der Waals surface area contributed by atoms with E-state index in [1.165, 1.54) is 5.56 Å². The van der Waals surface area contributed by atoms with Crippen LogP contribution in [0, 0.1) is 6.92 Å². The first kappa shape index (κ1) is 12.2. The maximum Gasteiger partial charge on any atom is 0.335 e. The molecule has 2 rings (SSSR count). The van der Waals surface area contributed by atoms with Gasteiger partial charge in [0.2, 0.25) is 0 Å². The van der Waals surface area contributed by atoms with Crippen LogP contribution in [0.15, 0.2) is 36.4 Å². The van der Waals surface area contributed by atoms with Gasteiger partial charge in [0, 0.05) is 27.3 Å². The predicted octanol–water partition coefficient (Wildman–Crippen LogP) is 2.47. The summed E-state index contributed by atoms with van der Waals surface area (Å²) in [5.74, 6) is -0.881. The number of carboxylic acids is 1. The second-order valence-corrected chi connectivity index (χ2v) is 3.32. The van der Waals surface area contributed by atoms with Gasteiger partial charge in [0.1, 0.15) is 0 Å². The minimum atomic E-state index is -0.881. The Morgan fingerprint density at radius 1 is 1.20 bits per heavy atom. The minimum Gasteiger partial charge on any atom is -0.478 e. The van der Waals surface area contributed by atoms with Crippen molar-refractivity contribution in [2.24, 2.45) is 0 Å². The van der Waals surface area contributed by atoms with Gasteiger partial charge in [0.15, 0.2) is 0 Å². The van der Waals surface area contributed by atoms with Gasteiger partial charge in [0.05, 0.1) is 5.56 Å². The second-order valence-electron chi connectivity index (χ2n) is 3.32. The van der Waals surface area contributed by atoms with Gasteiger partial charge in [-0.05, 0) is 35.4 Å². The van der Waals surface area contributed by atoms with E-state index < -0.39 is 5.97 Å². The first-order valence-corrected chi connectivity index (χ1v) is 4.41. The summed E-state index contributed by atoms with van der Waals surface area (Å²) in [6, 6.07) is 11.1. The Balaban J connectivity index is 0.00000112. The van der Waals surface area contributed by atoms with Crippen molar-refractivity contribution in [1.29, 1.82) is 0 Å².